The monoisotopic (exact) mass is 244 g/mol. The van der Waals surface area contributed by atoms with Crippen LogP contribution in [0.5, 0.6) is 0 Å². The van der Waals surface area contributed by atoms with Crippen molar-refractivity contribution >= 4 is 15.9 Å². The molecule has 0 spiro atoms. The zero-order valence-electron chi connectivity index (χ0n) is 7.64. The molecule has 13 heavy (non-hydrogen) atoms. The molecule has 1 aliphatic rings. The fraction of sp³-hybridized carbons (Fsp3) is 0.667. The van der Waals surface area contributed by atoms with Crippen LogP contribution in [0.25, 0.3) is 0 Å². The Morgan fingerprint density at radius 3 is 2.69 bits per heavy atom. The fourth-order valence-corrected chi connectivity index (χ4v) is 1.90. The van der Waals surface area contributed by atoms with Gasteiger partial charge in [-0.3, -0.25) is 0 Å². The molecule has 72 valence electrons. The Morgan fingerprint density at radius 2 is 2.15 bits per heavy atom. The quantitative estimate of drug-likeness (QED) is 0.824. The van der Waals surface area contributed by atoms with E-state index in [9.17, 15) is 0 Å². The summed E-state index contributed by atoms with van der Waals surface area (Å²) in [6.07, 6.45) is 2.26. The van der Waals surface area contributed by atoms with Crippen LogP contribution >= 0.6 is 15.9 Å². The Bertz CT molecular complexity index is 272. The number of piperidine rings is 1. The lowest BCUT2D eigenvalue weighted by molar-refractivity contribution is 0.367. The molecule has 0 bridgehead atoms. The molecule has 2 rings (SSSR count). The van der Waals surface area contributed by atoms with E-state index < -0.39 is 0 Å². The van der Waals surface area contributed by atoms with Gasteiger partial charge < -0.3 is 9.73 Å². The van der Waals surface area contributed by atoms with Crippen LogP contribution < -0.4 is 5.32 Å². The molecule has 1 aliphatic heterocycles. The Labute approximate surface area is 86.0 Å². The van der Waals surface area contributed by atoms with Gasteiger partial charge in [0.25, 0.3) is 0 Å². The van der Waals surface area contributed by atoms with Gasteiger partial charge in [-0.15, -0.1) is 0 Å². The first-order valence-electron chi connectivity index (χ1n) is 4.61. The van der Waals surface area contributed by atoms with Gasteiger partial charge in [-0.05, 0) is 48.8 Å². The summed E-state index contributed by atoms with van der Waals surface area (Å²) in [6.45, 7) is 4.10. The molecule has 1 aromatic heterocycles. The summed E-state index contributed by atoms with van der Waals surface area (Å²) in [4.78, 5) is 4.39. The molecular weight excluding hydrogens is 232 g/mol. The molecule has 1 saturated heterocycles. The summed E-state index contributed by atoms with van der Waals surface area (Å²) in [5.41, 5.74) is 0.952. The normalized spacial score (nSPS) is 19.2. The predicted octanol–water partition coefficient (Wildman–Crippen LogP) is 2.21. The van der Waals surface area contributed by atoms with Gasteiger partial charge in [-0.25, -0.2) is 4.98 Å². The van der Waals surface area contributed by atoms with E-state index in [1.54, 1.807) is 0 Å². The molecule has 0 amide bonds. The number of halogens is 1. The van der Waals surface area contributed by atoms with Crippen molar-refractivity contribution in [3.63, 3.8) is 0 Å². The summed E-state index contributed by atoms with van der Waals surface area (Å²) in [6, 6.07) is 0. The number of rotatable bonds is 1. The number of nitrogens with one attached hydrogen (secondary N) is 1. The SMILES string of the molecule is Cc1nc(C2CCNCC2)oc1Br. The van der Waals surface area contributed by atoms with Crippen LogP contribution in [0.3, 0.4) is 0 Å². The van der Waals surface area contributed by atoms with Gasteiger partial charge in [0.05, 0.1) is 5.69 Å². The molecule has 0 unspecified atom stereocenters. The van der Waals surface area contributed by atoms with Gasteiger partial charge >= 0.3 is 0 Å². The smallest absolute Gasteiger partial charge is 0.199 e. The summed E-state index contributed by atoms with van der Waals surface area (Å²) >= 11 is 3.34. The molecule has 0 aromatic carbocycles. The van der Waals surface area contributed by atoms with Crippen molar-refractivity contribution in [2.75, 3.05) is 13.1 Å². The summed E-state index contributed by atoms with van der Waals surface area (Å²) in [5, 5.41) is 3.32. The molecular formula is C9H13BrN2O. The van der Waals surface area contributed by atoms with E-state index in [-0.39, 0.29) is 0 Å². The number of aromatic nitrogens is 1. The standard InChI is InChI=1S/C9H13BrN2O/c1-6-8(10)13-9(12-6)7-2-4-11-5-3-7/h7,11H,2-5H2,1H3. The third kappa shape index (κ3) is 1.94. The van der Waals surface area contributed by atoms with Gasteiger partial charge in [0, 0.05) is 5.92 Å². The number of nitrogens with zero attached hydrogens (tertiary/aromatic N) is 1. The van der Waals surface area contributed by atoms with Crippen molar-refractivity contribution in [2.24, 2.45) is 0 Å². The minimum Gasteiger partial charge on any atom is -0.433 e. The van der Waals surface area contributed by atoms with Crippen LogP contribution in [0.4, 0.5) is 0 Å². The topological polar surface area (TPSA) is 38.1 Å². The Hall–Kier alpha value is -0.350. The Morgan fingerprint density at radius 1 is 1.46 bits per heavy atom. The van der Waals surface area contributed by atoms with E-state index in [0.717, 1.165) is 42.2 Å². The Balaban J connectivity index is 2.14. The van der Waals surface area contributed by atoms with Crippen LogP contribution in [0.15, 0.2) is 9.09 Å². The number of hydrogen-bond acceptors (Lipinski definition) is 3. The maximum absolute atomic E-state index is 5.53. The van der Waals surface area contributed by atoms with Crippen LogP contribution in [0, 0.1) is 6.92 Å². The molecule has 0 radical (unpaired) electrons. The van der Waals surface area contributed by atoms with Gasteiger partial charge in [0.1, 0.15) is 0 Å². The summed E-state index contributed by atoms with van der Waals surface area (Å²) in [7, 11) is 0. The molecule has 1 N–H and O–H groups in total. The number of aryl methyl sites for hydroxylation is 1. The van der Waals surface area contributed by atoms with Crippen LogP contribution in [-0.2, 0) is 0 Å². The van der Waals surface area contributed by atoms with E-state index in [1.165, 1.54) is 0 Å². The van der Waals surface area contributed by atoms with Crippen molar-refractivity contribution < 1.29 is 4.42 Å². The van der Waals surface area contributed by atoms with E-state index in [2.05, 4.69) is 26.2 Å². The Kier molecular flexibility index (Phi) is 2.69. The second kappa shape index (κ2) is 3.80. The molecule has 3 nitrogen and oxygen atoms in total. The number of hydrogen-bond donors (Lipinski definition) is 1. The van der Waals surface area contributed by atoms with Crippen molar-refractivity contribution in [1.29, 1.82) is 0 Å². The zero-order chi connectivity index (χ0) is 9.26. The molecule has 1 aromatic rings. The molecule has 0 atom stereocenters. The number of oxazole rings is 1. The highest BCUT2D eigenvalue weighted by Crippen LogP contribution is 2.28. The minimum atomic E-state index is 0.506. The summed E-state index contributed by atoms with van der Waals surface area (Å²) < 4.78 is 6.31. The molecule has 4 heteroatoms. The lowest BCUT2D eigenvalue weighted by Gasteiger charge is -2.19. The largest absolute Gasteiger partial charge is 0.433 e. The van der Waals surface area contributed by atoms with Crippen molar-refractivity contribution in [2.45, 2.75) is 25.7 Å². The fourth-order valence-electron chi connectivity index (χ4n) is 1.64. The average Bonchev–Trinajstić information content (AvgIpc) is 2.49. The van der Waals surface area contributed by atoms with Gasteiger partial charge in [0.2, 0.25) is 0 Å². The van der Waals surface area contributed by atoms with Crippen molar-refractivity contribution in [1.82, 2.24) is 10.3 Å². The van der Waals surface area contributed by atoms with Gasteiger partial charge in [-0.2, -0.15) is 0 Å². The average molecular weight is 245 g/mol. The zero-order valence-corrected chi connectivity index (χ0v) is 9.23. The minimum absolute atomic E-state index is 0.506. The predicted molar refractivity (Wildman–Crippen MR) is 53.8 cm³/mol. The van der Waals surface area contributed by atoms with E-state index in [0.29, 0.717) is 5.92 Å². The van der Waals surface area contributed by atoms with Crippen LogP contribution in [0.1, 0.15) is 30.3 Å². The lowest BCUT2D eigenvalue weighted by atomic mass is 9.98. The van der Waals surface area contributed by atoms with E-state index in [4.69, 9.17) is 4.42 Å². The molecule has 0 saturated carbocycles. The maximum Gasteiger partial charge on any atom is 0.199 e. The summed E-state index contributed by atoms with van der Waals surface area (Å²) in [5.74, 6) is 1.40. The lowest BCUT2D eigenvalue weighted by Crippen LogP contribution is -2.26. The second-order valence-electron chi connectivity index (χ2n) is 3.44. The van der Waals surface area contributed by atoms with Crippen LogP contribution in [0.2, 0.25) is 0 Å². The van der Waals surface area contributed by atoms with E-state index >= 15 is 0 Å². The van der Waals surface area contributed by atoms with E-state index in [1.807, 2.05) is 6.92 Å². The van der Waals surface area contributed by atoms with Gasteiger partial charge in [-0.1, -0.05) is 0 Å². The highest BCUT2D eigenvalue weighted by Gasteiger charge is 2.20. The third-order valence-corrected chi connectivity index (χ3v) is 3.18. The second-order valence-corrected chi connectivity index (χ2v) is 4.16. The highest BCUT2D eigenvalue weighted by molar-refractivity contribution is 9.10. The van der Waals surface area contributed by atoms with Gasteiger partial charge in [0.15, 0.2) is 10.6 Å². The van der Waals surface area contributed by atoms with Crippen molar-refractivity contribution in [3.05, 3.63) is 16.3 Å². The van der Waals surface area contributed by atoms with Crippen molar-refractivity contribution in [3.8, 4) is 0 Å². The molecule has 2 heterocycles. The highest BCUT2D eigenvalue weighted by atomic mass is 79.9. The maximum atomic E-state index is 5.53. The van der Waals surface area contributed by atoms with Crippen LogP contribution in [-0.4, -0.2) is 18.1 Å². The first-order chi connectivity index (χ1) is 6.27. The third-order valence-electron chi connectivity index (χ3n) is 2.44. The first kappa shape index (κ1) is 9.21. The molecule has 0 aliphatic carbocycles. The molecule has 1 fully saturated rings. The first-order valence-corrected chi connectivity index (χ1v) is 5.40.